The summed E-state index contributed by atoms with van der Waals surface area (Å²) in [5, 5.41) is 10.8. The zero-order valence-electron chi connectivity index (χ0n) is 13.4. The Bertz CT molecular complexity index is 775. The summed E-state index contributed by atoms with van der Waals surface area (Å²) in [5.41, 5.74) is 1.10. The van der Waals surface area contributed by atoms with Gasteiger partial charge in [0.25, 0.3) is 0 Å². The fourth-order valence-corrected chi connectivity index (χ4v) is 2.91. The smallest absolute Gasteiger partial charge is 0.414 e. The molecule has 132 valence electrons. The van der Waals surface area contributed by atoms with Gasteiger partial charge in [-0.3, -0.25) is 9.36 Å². The van der Waals surface area contributed by atoms with Crippen LogP contribution in [0.15, 0.2) is 34.9 Å². The van der Waals surface area contributed by atoms with Gasteiger partial charge >= 0.3 is 11.8 Å². The summed E-state index contributed by atoms with van der Waals surface area (Å²) < 4.78 is 8.05. The first-order valence-electron chi connectivity index (χ1n) is 7.89. The second-order valence-electron chi connectivity index (χ2n) is 5.69. The number of aryl methyl sites for hydroxylation is 1. The van der Waals surface area contributed by atoms with E-state index in [-0.39, 0.29) is 24.3 Å². The first-order valence-corrected chi connectivity index (χ1v) is 8.69. The molecule has 8 nitrogen and oxygen atoms in total. The molecule has 0 spiro atoms. The highest BCUT2D eigenvalue weighted by Crippen LogP contribution is 2.19. The molecule has 1 aromatic heterocycles. The van der Waals surface area contributed by atoms with E-state index in [9.17, 15) is 14.9 Å². The Kier molecular flexibility index (Phi) is 5.32. The maximum Gasteiger partial charge on any atom is 0.414 e. The van der Waals surface area contributed by atoms with Crippen LogP contribution in [0.3, 0.4) is 0 Å². The van der Waals surface area contributed by atoms with Gasteiger partial charge in [0, 0.05) is 29.0 Å². The zero-order chi connectivity index (χ0) is 17.8. The number of fused-ring (bicyclic) bond motifs is 1. The van der Waals surface area contributed by atoms with Gasteiger partial charge in [-0.2, -0.15) is 0 Å². The fourth-order valence-electron chi connectivity index (χ4n) is 2.65. The molecule has 0 saturated heterocycles. The maximum absolute atomic E-state index is 12.5. The van der Waals surface area contributed by atoms with Gasteiger partial charge in [0.1, 0.15) is 12.8 Å². The van der Waals surface area contributed by atoms with Gasteiger partial charge in [0.05, 0.1) is 6.54 Å². The van der Waals surface area contributed by atoms with Crippen LogP contribution in [-0.4, -0.2) is 45.0 Å². The Balaban J connectivity index is 1.58. The van der Waals surface area contributed by atoms with E-state index in [2.05, 4.69) is 20.9 Å². The number of nitrogens with zero attached hydrogens (tertiary/aromatic N) is 4. The predicted molar refractivity (Wildman–Crippen MR) is 93.4 cm³/mol. The monoisotopic (exact) mass is 408 g/mol. The standard InChI is InChI=1S/C16H17BrN4O4/c17-13-4-1-12(2-5-13)3-6-15(22)19-7-8-20-11-14(21(23)24)18-16(20)25-10-9-19/h1-2,4-5,11H,3,6-10H2. The van der Waals surface area contributed by atoms with Crippen LogP contribution in [0, 0.1) is 10.1 Å². The van der Waals surface area contributed by atoms with E-state index < -0.39 is 4.92 Å². The summed E-state index contributed by atoms with van der Waals surface area (Å²) in [4.78, 5) is 28.3. The Labute approximate surface area is 152 Å². The number of carbonyl (C=O) groups excluding carboxylic acids is 1. The van der Waals surface area contributed by atoms with Crippen LogP contribution < -0.4 is 4.74 Å². The predicted octanol–water partition coefficient (Wildman–Crippen LogP) is 2.41. The molecule has 1 aliphatic heterocycles. The highest BCUT2D eigenvalue weighted by Gasteiger charge is 2.24. The summed E-state index contributed by atoms with van der Waals surface area (Å²) in [6, 6.07) is 8.12. The lowest BCUT2D eigenvalue weighted by molar-refractivity contribution is -0.389. The highest BCUT2D eigenvalue weighted by molar-refractivity contribution is 9.10. The Morgan fingerprint density at radius 3 is 2.76 bits per heavy atom. The minimum absolute atomic E-state index is 0.0459. The Hall–Kier alpha value is -2.42. The van der Waals surface area contributed by atoms with Crippen LogP contribution in [0.1, 0.15) is 12.0 Å². The van der Waals surface area contributed by atoms with Gasteiger partial charge < -0.3 is 19.8 Å². The number of amides is 1. The van der Waals surface area contributed by atoms with Crippen molar-refractivity contribution < 1.29 is 14.5 Å². The molecule has 1 amide bonds. The minimum atomic E-state index is -0.553. The number of hydrogen-bond donors (Lipinski definition) is 0. The van der Waals surface area contributed by atoms with Crippen molar-refractivity contribution in [3.05, 3.63) is 50.6 Å². The number of nitro groups is 1. The molecule has 0 N–H and O–H groups in total. The third-order valence-corrected chi connectivity index (χ3v) is 4.54. The first-order chi connectivity index (χ1) is 12.0. The van der Waals surface area contributed by atoms with Crippen molar-refractivity contribution in [1.29, 1.82) is 0 Å². The topological polar surface area (TPSA) is 90.5 Å². The number of carbonyl (C=O) groups is 1. The zero-order valence-corrected chi connectivity index (χ0v) is 15.0. The van der Waals surface area contributed by atoms with Crippen LogP contribution in [-0.2, 0) is 17.8 Å². The SMILES string of the molecule is O=C(CCc1ccc(Br)cc1)N1CCOc2nc([N+](=O)[O-])cn2CC1. The summed E-state index contributed by atoms with van der Waals surface area (Å²) in [7, 11) is 0. The molecule has 2 aromatic rings. The molecule has 0 radical (unpaired) electrons. The summed E-state index contributed by atoms with van der Waals surface area (Å²) >= 11 is 3.39. The number of rotatable bonds is 4. The minimum Gasteiger partial charge on any atom is -0.444 e. The molecule has 0 fully saturated rings. The second kappa shape index (κ2) is 7.64. The van der Waals surface area contributed by atoms with Crippen molar-refractivity contribution in [3.63, 3.8) is 0 Å². The summed E-state index contributed by atoms with van der Waals surface area (Å²) in [6.07, 6.45) is 2.43. The molecule has 3 rings (SSSR count). The first kappa shape index (κ1) is 17.4. The molecular weight excluding hydrogens is 392 g/mol. The van der Waals surface area contributed by atoms with E-state index >= 15 is 0 Å². The number of hydrogen-bond acceptors (Lipinski definition) is 5. The summed E-state index contributed by atoms with van der Waals surface area (Å²) in [6.45, 7) is 1.60. The fraction of sp³-hybridized carbons (Fsp3) is 0.375. The molecular formula is C16H17BrN4O4. The molecule has 25 heavy (non-hydrogen) atoms. The third kappa shape index (κ3) is 4.36. The second-order valence-corrected chi connectivity index (χ2v) is 6.60. The maximum atomic E-state index is 12.5. The molecule has 1 aliphatic rings. The van der Waals surface area contributed by atoms with Crippen molar-refractivity contribution in [2.75, 3.05) is 19.7 Å². The highest BCUT2D eigenvalue weighted by atomic mass is 79.9. The van der Waals surface area contributed by atoms with Crippen LogP contribution >= 0.6 is 15.9 Å². The number of halogens is 1. The van der Waals surface area contributed by atoms with E-state index in [1.807, 2.05) is 24.3 Å². The van der Waals surface area contributed by atoms with Gasteiger partial charge in [-0.1, -0.05) is 28.1 Å². The molecule has 2 heterocycles. The van der Waals surface area contributed by atoms with Crippen LogP contribution in [0.25, 0.3) is 0 Å². The van der Waals surface area contributed by atoms with Crippen LogP contribution in [0.5, 0.6) is 6.01 Å². The molecule has 0 bridgehead atoms. The van der Waals surface area contributed by atoms with E-state index in [0.29, 0.717) is 32.5 Å². The lowest BCUT2D eigenvalue weighted by Crippen LogP contribution is -2.38. The van der Waals surface area contributed by atoms with Crippen molar-refractivity contribution in [2.45, 2.75) is 19.4 Å². The van der Waals surface area contributed by atoms with Crippen molar-refractivity contribution >= 4 is 27.7 Å². The number of aromatic nitrogens is 2. The molecule has 0 unspecified atom stereocenters. The number of ether oxygens (including phenoxy) is 1. The van der Waals surface area contributed by atoms with E-state index in [4.69, 9.17) is 4.74 Å². The average Bonchev–Trinajstić information content (AvgIpc) is 2.97. The van der Waals surface area contributed by atoms with Gasteiger partial charge in [-0.25, -0.2) is 0 Å². The lowest BCUT2D eigenvalue weighted by Gasteiger charge is -2.24. The van der Waals surface area contributed by atoms with Crippen molar-refractivity contribution in [1.82, 2.24) is 14.5 Å². The number of benzene rings is 1. The van der Waals surface area contributed by atoms with Gasteiger partial charge in [-0.05, 0) is 29.0 Å². The normalized spacial score (nSPS) is 14.2. The van der Waals surface area contributed by atoms with Crippen molar-refractivity contribution in [2.24, 2.45) is 0 Å². The van der Waals surface area contributed by atoms with Gasteiger partial charge in [0.2, 0.25) is 5.91 Å². The molecule has 9 heteroatoms. The van der Waals surface area contributed by atoms with Gasteiger partial charge in [0.15, 0.2) is 0 Å². The Morgan fingerprint density at radius 2 is 2.04 bits per heavy atom. The summed E-state index contributed by atoms with van der Waals surface area (Å²) in [5.74, 6) is -0.199. The van der Waals surface area contributed by atoms with Crippen molar-refractivity contribution in [3.8, 4) is 6.01 Å². The number of imidazole rings is 1. The molecule has 0 saturated carbocycles. The van der Waals surface area contributed by atoms with E-state index in [0.717, 1.165) is 10.0 Å². The molecule has 0 aliphatic carbocycles. The molecule has 0 atom stereocenters. The quantitative estimate of drug-likeness (QED) is 0.572. The van der Waals surface area contributed by atoms with E-state index in [1.165, 1.54) is 6.20 Å². The lowest BCUT2D eigenvalue weighted by atomic mass is 10.1. The average molecular weight is 409 g/mol. The van der Waals surface area contributed by atoms with E-state index in [1.54, 1.807) is 9.47 Å². The van der Waals surface area contributed by atoms with Gasteiger partial charge in [-0.15, -0.1) is 0 Å². The largest absolute Gasteiger partial charge is 0.444 e. The Morgan fingerprint density at radius 1 is 1.28 bits per heavy atom. The third-order valence-electron chi connectivity index (χ3n) is 4.01. The molecule has 1 aromatic carbocycles. The van der Waals surface area contributed by atoms with Crippen LogP contribution in [0.2, 0.25) is 0 Å². The van der Waals surface area contributed by atoms with Crippen LogP contribution in [0.4, 0.5) is 5.82 Å².